The monoisotopic (exact) mass is 166 g/mol. The third kappa shape index (κ3) is 3.37. The van der Waals surface area contributed by atoms with Gasteiger partial charge in [0.1, 0.15) is 0 Å². The van der Waals surface area contributed by atoms with Gasteiger partial charge in [0.05, 0.1) is 5.97 Å². The van der Waals surface area contributed by atoms with E-state index in [1.807, 2.05) is 0 Å². The second kappa shape index (κ2) is 5.92. The van der Waals surface area contributed by atoms with Crippen LogP contribution in [0.2, 0.25) is 0 Å². The summed E-state index contributed by atoms with van der Waals surface area (Å²) in [6.07, 6.45) is 0. The van der Waals surface area contributed by atoms with Gasteiger partial charge in [0.15, 0.2) is 0 Å². The Morgan fingerprint density at radius 2 is 2.20 bits per heavy atom. The summed E-state index contributed by atoms with van der Waals surface area (Å²) in [6, 6.07) is 3.19. The van der Waals surface area contributed by atoms with E-state index >= 15 is 0 Å². The second-order valence-electron chi connectivity index (χ2n) is 1.26. The van der Waals surface area contributed by atoms with Crippen molar-refractivity contribution in [2.24, 2.45) is 0 Å². The van der Waals surface area contributed by atoms with Crippen LogP contribution in [0.5, 0.6) is 0 Å². The summed E-state index contributed by atoms with van der Waals surface area (Å²) in [6.45, 7) is 0. The summed E-state index contributed by atoms with van der Waals surface area (Å²) in [5.74, 6) is -1.10. The van der Waals surface area contributed by atoms with E-state index in [1.165, 1.54) is 17.4 Å². The van der Waals surface area contributed by atoms with Crippen molar-refractivity contribution < 1.29 is 39.5 Å². The molecule has 0 aromatic carbocycles. The Labute approximate surface area is 86.2 Å². The molecule has 0 atom stereocenters. The van der Waals surface area contributed by atoms with E-state index in [0.717, 1.165) is 0 Å². The largest absolute Gasteiger partial charge is 1.00 e. The molecule has 0 amide bonds. The van der Waals surface area contributed by atoms with Crippen molar-refractivity contribution in [3.63, 3.8) is 0 Å². The molecule has 0 aliphatic heterocycles. The number of carboxylic acids is 1. The van der Waals surface area contributed by atoms with E-state index < -0.39 is 5.97 Å². The van der Waals surface area contributed by atoms with Gasteiger partial charge in [0.2, 0.25) is 0 Å². The number of thiophene rings is 1. The number of carbonyl (C=O) groups is 1. The quantitative estimate of drug-likeness (QED) is 0.442. The molecule has 0 N–H and O–H groups in total. The minimum absolute atomic E-state index is 0. The van der Waals surface area contributed by atoms with Crippen molar-refractivity contribution in [3.05, 3.63) is 22.4 Å². The molecule has 0 aliphatic rings. The fraction of sp³-hybridized carbons (Fsp3) is 0.167. The molecule has 1 rings (SSSR count). The maximum atomic E-state index is 9.96. The molecule has 2 nitrogen and oxygen atoms in total. The van der Waals surface area contributed by atoms with E-state index in [0.29, 0.717) is 0 Å². The van der Waals surface area contributed by atoms with Gasteiger partial charge in [0, 0.05) is 4.88 Å². The van der Waals surface area contributed by atoms with Crippen LogP contribution in [0.4, 0.5) is 0 Å². The van der Waals surface area contributed by atoms with Gasteiger partial charge in [-0.2, -0.15) is 0 Å². The molecule has 0 saturated heterocycles. The Balaban J connectivity index is 0. The van der Waals surface area contributed by atoms with Crippen LogP contribution in [0.1, 0.15) is 17.1 Å². The van der Waals surface area contributed by atoms with Crippen molar-refractivity contribution in [2.75, 3.05) is 0 Å². The molecular weight excluding hydrogens is 159 g/mol. The molecule has 0 fully saturated rings. The van der Waals surface area contributed by atoms with Crippen LogP contribution < -0.4 is 34.7 Å². The van der Waals surface area contributed by atoms with Gasteiger partial charge < -0.3 is 9.90 Å². The molecule has 0 aliphatic carbocycles. The molecule has 1 heterocycles. The first-order chi connectivity index (χ1) is 3.80. The van der Waals surface area contributed by atoms with Gasteiger partial charge in [-0.25, -0.2) is 0 Å². The van der Waals surface area contributed by atoms with Crippen LogP contribution in [-0.2, 0) is 0 Å². The van der Waals surface area contributed by atoms with Crippen LogP contribution in [0.15, 0.2) is 17.5 Å². The summed E-state index contributed by atoms with van der Waals surface area (Å²) in [7, 11) is 0. The minimum Gasteiger partial charge on any atom is -0.544 e. The van der Waals surface area contributed by atoms with Gasteiger partial charge >= 0.3 is 29.6 Å². The van der Waals surface area contributed by atoms with Gasteiger partial charge in [-0.3, -0.25) is 0 Å². The third-order valence-corrected chi connectivity index (χ3v) is 1.57. The van der Waals surface area contributed by atoms with Gasteiger partial charge in [-0.15, -0.1) is 11.3 Å². The smallest absolute Gasteiger partial charge is 0.544 e. The summed E-state index contributed by atoms with van der Waals surface area (Å²) >= 11 is 1.17. The second-order valence-corrected chi connectivity index (χ2v) is 2.21. The maximum Gasteiger partial charge on any atom is 1.00 e. The van der Waals surface area contributed by atoms with Crippen LogP contribution in [0.25, 0.3) is 0 Å². The Morgan fingerprint density at radius 1 is 1.60 bits per heavy atom. The van der Waals surface area contributed by atoms with E-state index in [2.05, 4.69) is 0 Å². The number of carboxylic acid groups (broad SMARTS) is 1. The standard InChI is InChI=1S/C5H4O2S.CH4.Na/c6-5(7)4-2-1-3-8-4;;/h1-3H,(H,6,7);1H4;/q;;+1/p-1. The molecule has 10 heavy (non-hydrogen) atoms. The molecule has 1 aromatic rings. The van der Waals surface area contributed by atoms with Crippen molar-refractivity contribution in [3.8, 4) is 0 Å². The first-order valence-electron chi connectivity index (χ1n) is 2.05. The number of hydrogen-bond acceptors (Lipinski definition) is 3. The molecule has 0 radical (unpaired) electrons. The number of carbonyl (C=O) groups excluding carboxylic acids is 1. The predicted octanol–water partition coefficient (Wildman–Crippen LogP) is -2.25. The molecule has 4 heteroatoms. The summed E-state index contributed by atoms with van der Waals surface area (Å²) < 4.78 is 0. The first kappa shape index (κ1) is 12.8. The fourth-order valence-electron chi connectivity index (χ4n) is 0.395. The summed E-state index contributed by atoms with van der Waals surface area (Å²) in [5, 5.41) is 11.7. The van der Waals surface area contributed by atoms with Gasteiger partial charge in [-0.05, 0) is 11.4 Å². The Morgan fingerprint density at radius 3 is 2.40 bits per heavy atom. The molecule has 0 unspecified atom stereocenters. The van der Waals surface area contributed by atoms with Gasteiger partial charge in [0.25, 0.3) is 0 Å². The Kier molecular flexibility index (Phi) is 7.58. The van der Waals surface area contributed by atoms with E-state index in [9.17, 15) is 9.90 Å². The number of rotatable bonds is 1. The SMILES string of the molecule is C.O=C([O-])c1cccs1.[Na+]. The number of hydrogen-bond donors (Lipinski definition) is 0. The fourth-order valence-corrected chi connectivity index (χ4v) is 0.952. The molecule has 50 valence electrons. The zero-order valence-corrected chi connectivity index (χ0v) is 7.77. The third-order valence-electron chi connectivity index (χ3n) is 0.722. The van der Waals surface area contributed by atoms with Crippen molar-refractivity contribution in [1.82, 2.24) is 0 Å². The molecular formula is C6H7NaO2S. The number of aromatic carboxylic acids is 1. The van der Waals surface area contributed by atoms with Crippen molar-refractivity contribution >= 4 is 17.3 Å². The van der Waals surface area contributed by atoms with E-state index in [1.54, 1.807) is 11.4 Å². The minimum atomic E-state index is -1.10. The zero-order chi connectivity index (χ0) is 5.98. The van der Waals surface area contributed by atoms with Crippen LogP contribution in [-0.4, -0.2) is 5.97 Å². The van der Waals surface area contributed by atoms with Gasteiger partial charge in [-0.1, -0.05) is 13.5 Å². The van der Waals surface area contributed by atoms with Crippen molar-refractivity contribution in [2.45, 2.75) is 7.43 Å². The van der Waals surface area contributed by atoms with E-state index in [-0.39, 0.29) is 41.9 Å². The normalized spacial score (nSPS) is 7.20. The maximum absolute atomic E-state index is 9.96. The summed E-state index contributed by atoms with van der Waals surface area (Å²) in [5.41, 5.74) is 0. The Bertz CT molecular complexity index is 184. The van der Waals surface area contributed by atoms with Crippen molar-refractivity contribution in [1.29, 1.82) is 0 Å². The molecule has 0 spiro atoms. The average Bonchev–Trinajstić information content (AvgIpc) is 2.12. The molecule has 0 bridgehead atoms. The molecule has 0 saturated carbocycles. The average molecular weight is 166 g/mol. The van der Waals surface area contributed by atoms with E-state index in [4.69, 9.17) is 0 Å². The van der Waals surface area contributed by atoms with Crippen LogP contribution >= 0.6 is 11.3 Å². The predicted molar refractivity (Wildman–Crippen MR) is 35.4 cm³/mol. The van der Waals surface area contributed by atoms with Crippen LogP contribution in [0, 0.1) is 0 Å². The molecule has 1 aromatic heterocycles. The first-order valence-corrected chi connectivity index (χ1v) is 2.93. The topological polar surface area (TPSA) is 40.1 Å². The Hall–Kier alpha value is 0.170. The zero-order valence-electron chi connectivity index (χ0n) is 4.96. The summed E-state index contributed by atoms with van der Waals surface area (Å²) in [4.78, 5) is 10.2. The van der Waals surface area contributed by atoms with Crippen LogP contribution in [0.3, 0.4) is 0 Å².